The van der Waals surface area contributed by atoms with E-state index in [0.717, 1.165) is 17.4 Å². The molecule has 2 rings (SSSR count). The fourth-order valence-corrected chi connectivity index (χ4v) is 3.44. The van der Waals surface area contributed by atoms with Gasteiger partial charge in [0.2, 0.25) is 0 Å². The van der Waals surface area contributed by atoms with Crippen LogP contribution < -0.4 is 24.7 Å². The normalized spacial score (nSPS) is 11.2. The molecule has 0 amide bonds. The quantitative estimate of drug-likeness (QED) is 0.401. The third kappa shape index (κ3) is 3.94. The van der Waals surface area contributed by atoms with Crippen LogP contribution in [-0.2, 0) is 10.2 Å². The van der Waals surface area contributed by atoms with E-state index in [1.807, 2.05) is 57.2 Å². The Morgan fingerprint density at radius 3 is 2.41 bits per heavy atom. The molecular weight excluding hydrogens is 391 g/mol. The predicted molar refractivity (Wildman–Crippen MR) is 81.7 cm³/mol. The van der Waals surface area contributed by atoms with E-state index >= 15 is 0 Å². The average molecular weight is 409 g/mol. The van der Waals surface area contributed by atoms with E-state index in [9.17, 15) is 9.59 Å². The van der Waals surface area contributed by atoms with Gasteiger partial charge in [0.1, 0.15) is 0 Å². The van der Waals surface area contributed by atoms with Crippen molar-refractivity contribution in [3.05, 3.63) is 65.2 Å². The third-order valence-electron chi connectivity index (χ3n) is 3.41. The van der Waals surface area contributed by atoms with Crippen LogP contribution >= 0.6 is 0 Å². The molecular formula is C18H18IO3-. The molecule has 0 saturated carbocycles. The number of benzene rings is 2. The van der Waals surface area contributed by atoms with E-state index < -0.39 is 27.0 Å². The van der Waals surface area contributed by atoms with Crippen LogP contribution in [0.5, 0.6) is 5.75 Å². The fraction of sp³-hybridized carbons (Fsp3) is 0.222. The van der Waals surface area contributed by atoms with Crippen molar-refractivity contribution in [1.82, 2.24) is 0 Å². The number of hydrogen-bond donors (Lipinski definition) is 0. The van der Waals surface area contributed by atoms with Gasteiger partial charge in [-0.1, -0.05) is 0 Å². The van der Waals surface area contributed by atoms with Gasteiger partial charge in [0.15, 0.2) is 0 Å². The molecule has 0 fully saturated rings. The summed E-state index contributed by atoms with van der Waals surface area (Å²) in [5, 5.41) is 0. The third-order valence-corrected chi connectivity index (χ3v) is 5.12. The van der Waals surface area contributed by atoms with E-state index in [4.69, 9.17) is 3.07 Å². The summed E-state index contributed by atoms with van der Waals surface area (Å²) in [6.45, 7) is 5.68. The van der Waals surface area contributed by atoms with E-state index in [2.05, 4.69) is 0 Å². The van der Waals surface area contributed by atoms with Gasteiger partial charge in [-0.15, -0.1) is 0 Å². The first-order chi connectivity index (χ1) is 10.4. The van der Waals surface area contributed by atoms with Gasteiger partial charge >= 0.3 is 142 Å². The summed E-state index contributed by atoms with van der Waals surface area (Å²) < 4.78 is 5.78. The van der Waals surface area contributed by atoms with E-state index in [-0.39, 0.29) is 3.79 Å². The van der Waals surface area contributed by atoms with Gasteiger partial charge in [0, 0.05) is 0 Å². The van der Waals surface area contributed by atoms with Crippen molar-refractivity contribution in [2.45, 2.75) is 26.2 Å². The van der Waals surface area contributed by atoms with Gasteiger partial charge in [0.05, 0.1) is 0 Å². The summed E-state index contributed by atoms with van der Waals surface area (Å²) in [5.41, 5.74) is 2.05. The molecule has 0 aliphatic heterocycles. The molecule has 0 aliphatic rings. The molecule has 2 aromatic rings. The van der Waals surface area contributed by atoms with Crippen LogP contribution in [0.1, 0.15) is 35.3 Å². The first-order valence-electron chi connectivity index (χ1n) is 6.92. The van der Waals surface area contributed by atoms with Gasteiger partial charge in [-0.05, 0) is 0 Å². The molecule has 0 unspecified atom stereocenters. The molecule has 0 radical (unpaired) electrons. The number of carbonyl (C=O) groups excluding carboxylic acids is 2. The van der Waals surface area contributed by atoms with E-state index in [0.29, 0.717) is 11.3 Å². The minimum atomic E-state index is -1.06. The maximum absolute atomic E-state index is 12.1. The van der Waals surface area contributed by atoms with Crippen LogP contribution in [-0.4, -0.2) is 10.1 Å². The maximum atomic E-state index is 12.1. The second kappa shape index (κ2) is 7.05. The summed E-state index contributed by atoms with van der Waals surface area (Å²) in [7, 11) is 0. The Kier molecular flexibility index (Phi) is 5.34. The SMILES string of the molecule is Cc1cc(C(C)(C)C=O)ccc1O[I-]C(=O)c1ccccc1. The summed E-state index contributed by atoms with van der Waals surface area (Å²) in [4.78, 5) is 23.2. The monoisotopic (exact) mass is 409 g/mol. The van der Waals surface area contributed by atoms with Crippen molar-refractivity contribution in [3.8, 4) is 5.75 Å². The Bertz CT molecular complexity index is 678. The van der Waals surface area contributed by atoms with Crippen LogP contribution in [0.25, 0.3) is 0 Å². The van der Waals surface area contributed by atoms with Gasteiger partial charge in [0.25, 0.3) is 0 Å². The molecule has 0 heterocycles. The number of rotatable bonds is 6. The standard InChI is InChI=1S/C18H18IO3/c1-13-11-15(18(2,3)12-20)9-10-16(13)22-19-17(21)14-7-5-4-6-8-14/h4-12H,1-3H3/q-1. The average Bonchev–Trinajstić information content (AvgIpc) is 2.54. The zero-order valence-electron chi connectivity index (χ0n) is 12.8. The Balaban J connectivity index is 2.08. The van der Waals surface area contributed by atoms with Crippen molar-refractivity contribution < 1.29 is 34.3 Å². The van der Waals surface area contributed by atoms with Gasteiger partial charge in [-0.2, -0.15) is 0 Å². The van der Waals surface area contributed by atoms with Crippen molar-refractivity contribution in [1.29, 1.82) is 0 Å². The fourth-order valence-electron chi connectivity index (χ4n) is 1.90. The predicted octanol–water partition coefficient (Wildman–Crippen LogP) is 0.695. The second-order valence-corrected chi connectivity index (χ2v) is 7.47. The molecule has 4 heteroatoms. The molecule has 0 aromatic heterocycles. The summed E-state index contributed by atoms with van der Waals surface area (Å²) in [6.07, 6.45) is 0.939. The topological polar surface area (TPSA) is 43.4 Å². The molecule has 0 saturated heterocycles. The van der Waals surface area contributed by atoms with E-state index in [1.54, 1.807) is 12.1 Å². The molecule has 0 bridgehead atoms. The number of carbonyl (C=O) groups is 2. The number of halogens is 1. The summed E-state index contributed by atoms with van der Waals surface area (Å²) >= 11 is -1.06. The summed E-state index contributed by atoms with van der Waals surface area (Å²) in [6, 6.07) is 14.8. The number of aldehydes is 1. The first-order valence-corrected chi connectivity index (χ1v) is 8.88. The molecule has 3 nitrogen and oxygen atoms in total. The van der Waals surface area contributed by atoms with Crippen molar-refractivity contribution >= 4 is 10.1 Å². The Hall–Kier alpha value is -1.69. The van der Waals surface area contributed by atoms with Crippen LogP contribution in [0.15, 0.2) is 48.5 Å². The zero-order valence-corrected chi connectivity index (χ0v) is 15.0. The Morgan fingerprint density at radius 1 is 1.14 bits per heavy atom. The second-order valence-electron chi connectivity index (χ2n) is 5.61. The van der Waals surface area contributed by atoms with Gasteiger partial charge in [-0.25, -0.2) is 0 Å². The van der Waals surface area contributed by atoms with Crippen LogP contribution in [0.3, 0.4) is 0 Å². The zero-order chi connectivity index (χ0) is 16.2. The molecule has 2 aromatic carbocycles. The molecule has 0 spiro atoms. The van der Waals surface area contributed by atoms with Gasteiger partial charge in [-0.3, -0.25) is 0 Å². The van der Waals surface area contributed by atoms with Crippen LogP contribution in [0.2, 0.25) is 0 Å². The minimum absolute atomic E-state index is 0.0519. The van der Waals surface area contributed by atoms with Crippen LogP contribution in [0.4, 0.5) is 0 Å². The molecule has 22 heavy (non-hydrogen) atoms. The number of aryl methyl sites for hydroxylation is 1. The molecule has 0 atom stereocenters. The number of hydrogen-bond acceptors (Lipinski definition) is 3. The van der Waals surface area contributed by atoms with Crippen LogP contribution in [0, 0.1) is 6.92 Å². The van der Waals surface area contributed by atoms with E-state index in [1.165, 1.54) is 0 Å². The van der Waals surface area contributed by atoms with Crippen molar-refractivity contribution in [3.63, 3.8) is 0 Å². The molecule has 0 N–H and O–H groups in total. The Labute approximate surface area is 141 Å². The molecule has 0 aliphatic carbocycles. The first kappa shape index (κ1) is 16.7. The van der Waals surface area contributed by atoms with Crippen molar-refractivity contribution in [2.24, 2.45) is 0 Å². The molecule has 116 valence electrons. The van der Waals surface area contributed by atoms with Crippen molar-refractivity contribution in [2.75, 3.05) is 0 Å². The summed E-state index contributed by atoms with van der Waals surface area (Å²) in [5.74, 6) is 0.711. The van der Waals surface area contributed by atoms with Gasteiger partial charge < -0.3 is 0 Å². The Morgan fingerprint density at radius 2 is 1.82 bits per heavy atom.